The summed E-state index contributed by atoms with van der Waals surface area (Å²) in [7, 11) is 3.26. The molecule has 3 rings (SSSR count). The van der Waals surface area contributed by atoms with Gasteiger partial charge in [0.25, 0.3) is 0 Å². The van der Waals surface area contributed by atoms with E-state index in [-0.39, 0.29) is 30.5 Å². The van der Waals surface area contributed by atoms with Gasteiger partial charge >= 0.3 is 0 Å². The van der Waals surface area contributed by atoms with Crippen molar-refractivity contribution in [2.45, 2.75) is 32.2 Å². The number of para-hydroxylation sites is 1. The third-order valence-electron chi connectivity index (χ3n) is 5.61. The average Bonchev–Trinajstić information content (AvgIpc) is 2.87. The Hall–Kier alpha value is -3.16. The second kappa shape index (κ2) is 13.7. The zero-order valence-corrected chi connectivity index (χ0v) is 20.3. The van der Waals surface area contributed by atoms with Gasteiger partial charge in [-0.1, -0.05) is 37.3 Å². The lowest BCUT2D eigenvalue weighted by molar-refractivity contribution is -0.0518. The Labute approximate surface area is 205 Å². The van der Waals surface area contributed by atoms with Crippen LogP contribution in [0.1, 0.15) is 18.9 Å². The summed E-state index contributed by atoms with van der Waals surface area (Å²) < 4.78 is 55.8. The number of benzene rings is 3. The summed E-state index contributed by atoms with van der Waals surface area (Å²) in [5.41, 5.74) is 0.991. The second-order valence-electron chi connectivity index (χ2n) is 8.31. The Morgan fingerprint density at radius 3 is 2.03 bits per heavy atom. The molecular formula is C28H32F2O5. The normalized spacial score (nSPS) is 13.6. The van der Waals surface area contributed by atoms with Gasteiger partial charge in [-0.2, -0.15) is 0 Å². The van der Waals surface area contributed by atoms with E-state index in [0.29, 0.717) is 19.6 Å². The summed E-state index contributed by atoms with van der Waals surface area (Å²) in [6.45, 7) is 2.92. The van der Waals surface area contributed by atoms with Gasteiger partial charge in [-0.25, -0.2) is 8.78 Å². The number of halogens is 2. The van der Waals surface area contributed by atoms with Gasteiger partial charge in [-0.15, -0.1) is 0 Å². The third kappa shape index (κ3) is 8.85. The summed E-state index contributed by atoms with van der Waals surface area (Å²) in [6.07, 6.45) is 0.0478. The number of methoxy groups -OCH3 is 2. The predicted molar refractivity (Wildman–Crippen MR) is 130 cm³/mol. The van der Waals surface area contributed by atoms with Crippen LogP contribution in [0.25, 0.3) is 0 Å². The summed E-state index contributed by atoms with van der Waals surface area (Å²) >= 11 is 0. The van der Waals surface area contributed by atoms with Crippen LogP contribution in [0.2, 0.25) is 0 Å². The van der Waals surface area contributed by atoms with Gasteiger partial charge in [-0.05, 0) is 29.8 Å². The van der Waals surface area contributed by atoms with Crippen LogP contribution in [-0.2, 0) is 16.1 Å². The first-order chi connectivity index (χ1) is 17.0. The molecule has 3 aromatic rings. The topological polar surface area (TPSA) is 46.2 Å². The highest BCUT2D eigenvalue weighted by Crippen LogP contribution is 2.22. The SMILES string of the molecule is COc1ccc(COC(CC(COc2ccccc2)OC)C(C)COc2cc(F)cc(F)c2)cc1. The monoisotopic (exact) mass is 486 g/mol. The molecule has 0 aliphatic rings. The van der Waals surface area contributed by atoms with E-state index in [1.807, 2.05) is 61.5 Å². The van der Waals surface area contributed by atoms with E-state index in [9.17, 15) is 8.78 Å². The highest BCUT2D eigenvalue weighted by atomic mass is 19.1. The van der Waals surface area contributed by atoms with Crippen molar-refractivity contribution in [3.8, 4) is 17.2 Å². The molecule has 0 heterocycles. The molecule has 0 fully saturated rings. The Balaban J connectivity index is 1.64. The number of ether oxygens (including phenoxy) is 5. The summed E-state index contributed by atoms with van der Waals surface area (Å²) in [5, 5.41) is 0. The van der Waals surface area contributed by atoms with Gasteiger partial charge in [0.2, 0.25) is 0 Å². The van der Waals surface area contributed by atoms with Gasteiger partial charge < -0.3 is 23.7 Å². The fourth-order valence-corrected chi connectivity index (χ4v) is 3.53. The molecule has 7 heteroatoms. The minimum Gasteiger partial charge on any atom is -0.497 e. The van der Waals surface area contributed by atoms with Gasteiger partial charge in [-0.3, -0.25) is 0 Å². The maximum absolute atomic E-state index is 13.5. The predicted octanol–water partition coefficient (Wildman–Crippen LogP) is 6.06. The van der Waals surface area contributed by atoms with Gasteiger partial charge in [0.1, 0.15) is 35.5 Å². The summed E-state index contributed by atoms with van der Waals surface area (Å²) in [5.74, 6) is 0.199. The molecule has 35 heavy (non-hydrogen) atoms. The number of hydrogen-bond donors (Lipinski definition) is 0. The Morgan fingerprint density at radius 1 is 0.743 bits per heavy atom. The van der Waals surface area contributed by atoms with E-state index in [4.69, 9.17) is 23.7 Å². The van der Waals surface area contributed by atoms with Crippen molar-refractivity contribution >= 4 is 0 Å². The van der Waals surface area contributed by atoms with Gasteiger partial charge in [0.05, 0.1) is 32.5 Å². The molecule has 0 saturated heterocycles. The minimum absolute atomic E-state index is 0.103. The summed E-state index contributed by atoms with van der Waals surface area (Å²) in [6, 6.07) is 20.3. The number of hydrogen-bond acceptors (Lipinski definition) is 5. The third-order valence-corrected chi connectivity index (χ3v) is 5.61. The molecule has 0 amide bonds. The maximum Gasteiger partial charge on any atom is 0.129 e. The van der Waals surface area contributed by atoms with E-state index >= 15 is 0 Å². The van der Waals surface area contributed by atoms with E-state index in [0.717, 1.165) is 35.3 Å². The van der Waals surface area contributed by atoms with Crippen molar-refractivity contribution in [1.82, 2.24) is 0 Å². The highest BCUT2D eigenvalue weighted by Gasteiger charge is 2.24. The molecule has 0 bridgehead atoms. The van der Waals surface area contributed by atoms with Crippen LogP contribution in [0.3, 0.4) is 0 Å². The molecule has 5 nitrogen and oxygen atoms in total. The maximum atomic E-state index is 13.5. The van der Waals surface area contributed by atoms with Gasteiger partial charge in [0.15, 0.2) is 0 Å². The minimum atomic E-state index is -0.683. The van der Waals surface area contributed by atoms with Crippen molar-refractivity contribution in [2.75, 3.05) is 27.4 Å². The first-order valence-electron chi connectivity index (χ1n) is 11.5. The lowest BCUT2D eigenvalue weighted by atomic mass is 9.99. The smallest absolute Gasteiger partial charge is 0.129 e. The van der Waals surface area contributed by atoms with E-state index in [1.54, 1.807) is 14.2 Å². The highest BCUT2D eigenvalue weighted by molar-refractivity contribution is 5.27. The van der Waals surface area contributed by atoms with Crippen LogP contribution in [0.5, 0.6) is 17.2 Å². The van der Waals surface area contributed by atoms with Crippen molar-refractivity contribution in [3.05, 3.63) is 90.0 Å². The summed E-state index contributed by atoms with van der Waals surface area (Å²) in [4.78, 5) is 0. The molecule has 0 radical (unpaired) electrons. The van der Waals surface area contributed by atoms with Crippen molar-refractivity contribution in [1.29, 1.82) is 0 Å². The zero-order valence-electron chi connectivity index (χ0n) is 20.3. The molecule has 3 aromatic carbocycles. The van der Waals surface area contributed by atoms with E-state index in [2.05, 4.69) is 0 Å². The van der Waals surface area contributed by atoms with Crippen LogP contribution in [-0.4, -0.2) is 39.6 Å². The fraction of sp³-hybridized carbons (Fsp3) is 0.357. The van der Waals surface area contributed by atoms with Crippen LogP contribution < -0.4 is 14.2 Å². The molecule has 0 spiro atoms. The van der Waals surface area contributed by atoms with Crippen molar-refractivity contribution in [3.63, 3.8) is 0 Å². The molecule has 0 aliphatic carbocycles. The van der Waals surface area contributed by atoms with Gasteiger partial charge in [0, 0.05) is 37.6 Å². The molecule has 0 aromatic heterocycles. The van der Waals surface area contributed by atoms with Crippen molar-refractivity contribution in [2.24, 2.45) is 5.92 Å². The standard InChI is InChI=1S/C28H32F2O5/c1-20(17-33-26-14-22(29)13-23(30)15-26)28(35-18-21-9-11-24(31-2)12-10-21)16-27(32-3)19-34-25-7-5-4-6-8-25/h4-15,20,27-28H,16-19H2,1-3H3. The van der Waals surface area contributed by atoms with Crippen LogP contribution in [0.4, 0.5) is 8.78 Å². The largest absolute Gasteiger partial charge is 0.497 e. The first kappa shape index (κ1) is 26.4. The average molecular weight is 487 g/mol. The first-order valence-corrected chi connectivity index (χ1v) is 11.5. The van der Waals surface area contributed by atoms with E-state index in [1.165, 1.54) is 0 Å². The lowest BCUT2D eigenvalue weighted by Crippen LogP contribution is -2.34. The molecule has 3 unspecified atom stereocenters. The van der Waals surface area contributed by atoms with Crippen LogP contribution in [0.15, 0.2) is 72.8 Å². The molecule has 3 atom stereocenters. The quantitative estimate of drug-likeness (QED) is 0.277. The van der Waals surface area contributed by atoms with Crippen LogP contribution >= 0.6 is 0 Å². The molecular weight excluding hydrogens is 454 g/mol. The Kier molecular flexibility index (Phi) is 10.3. The molecule has 0 aliphatic heterocycles. The number of rotatable bonds is 14. The van der Waals surface area contributed by atoms with Crippen LogP contribution in [0, 0.1) is 17.6 Å². The second-order valence-corrected chi connectivity index (χ2v) is 8.31. The molecule has 0 saturated carbocycles. The lowest BCUT2D eigenvalue weighted by Gasteiger charge is -2.28. The Morgan fingerprint density at radius 2 is 1.40 bits per heavy atom. The van der Waals surface area contributed by atoms with E-state index < -0.39 is 11.6 Å². The molecule has 188 valence electrons. The Bertz CT molecular complexity index is 993. The van der Waals surface area contributed by atoms with Crippen molar-refractivity contribution < 1.29 is 32.5 Å². The molecule has 0 N–H and O–H groups in total. The zero-order chi connectivity index (χ0) is 25.0. The fourth-order valence-electron chi connectivity index (χ4n) is 3.53.